The van der Waals surface area contributed by atoms with E-state index in [1.807, 2.05) is 0 Å². The number of carbonyl (C=O) groups excluding carboxylic acids is 3. The number of hydrogen-bond donors (Lipinski definition) is 0. The first-order valence-electron chi connectivity index (χ1n) is 8.21. The summed E-state index contributed by atoms with van der Waals surface area (Å²) in [5.74, 6) is -0.310. The summed E-state index contributed by atoms with van der Waals surface area (Å²) in [4.78, 5) is 39.1. The Hall–Kier alpha value is -3.27. The Morgan fingerprint density at radius 2 is 0.680 bits per heavy atom. The summed E-state index contributed by atoms with van der Waals surface area (Å²) in [6.07, 6.45) is 0. The SMILES string of the molecule is O=C1c2cccc3c2B2c4c1cccc4C(=O)c1cccc(c12)C3=O. The second-order valence-corrected chi connectivity index (χ2v) is 6.72. The summed E-state index contributed by atoms with van der Waals surface area (Å²) in [6, 6.07) is 16.0. The highest BCUT2D eigenvalue weighted by Crippen LogP contribution is 2.28. The molecule has 0 aromatic heterocycles. The van der Waals surface area contributed by atoms with E-state index in [1.54, 1.807) is 54.6 Å². The van der Waals surface area contributed by atoms with Crippen LogP contribution in [0.2, 0.25) is 0 Å². The Kier molecular flexibility index (Phi) is 2.11. The average Bonchev–Trinajstić information content (AvgIpc) is 2.65. The largest absolute Gasteiger partial charge is 0.289 e. The van der Waals surface area contributed by atoms with Crippen molar-refractivity contribution in [2.24, 2.45) is 0 Å². The molecule has 6 rings (SSSR count). The fourth-order valence-electron chi connectivity index (χ4n) is 4.68. The van der Waals surface area contributed by atoms with Crippen LogP contribution in [-0.2, 0) is 0 Å². The third-order valence-corrected chi connectivity index (χ3v) is 5.65. The molecule has 114 valence electrons. The van der Waals surface area contributed by atoms with Crippen LogP contribution < -0.4 is 16.4 Å². The highest BCUT2D eigenvalue weighted by molar-refractivity contribution is 7.02. The van der Waals surface area contributed by atoms with Gasteiger partial charge in [-0.2, -0.15) is 0 Å². The number of ketones is 3. The molecular weight excluding hydrogens is 311 g/mol. The number of benzene rings is 3. The van der Waals surface area contributed by atoms with Crippen LogP contribution in [0.1, 0.15) is 47.8 Å². The normalized spacial score (nSPS) is 15.4. The van der Waals surface area contributed by atoms with E-state index in [0.29, 0.717) is 33.4 Å². The highest BCUT2D eigenvalue weighted by atomic mass is 16.1. The van der Waals surface area contributed by atoms with Crippen molar-refractivity contribution >= 4 is 40.5 Å². The molecule has 0 spiro atoms. The molecular formula is C21H9BO3. The summed E-state index contributed by atoms with van der Waals surface area (Å²) in [6.45, 7) is -0.211. The minimum absolute atomic E-state index is 0.103. The smallest absolute Gasteiger partial charge is 0.246 e. The van der Waals surface area contributed by atoms with E-state index < -0.39 is 0 Å². The van der Waals surface area contributed by atoms with Crippen LogP contribution in [0.4, 0.5) is 0 Å². The predicted octanol–water partition coefficient (Wildman–Crippen LogP) is 0.836. The van der Waals surface area contributed by atoms with Crippen LogP contribution in [0.25, 0.3) is 0 Å². The van der Waals surface area contributed by atoms with E-state index >= 15 is 0 Å². The molecule has 3 nitrogen and oxygen atoms in total. The maximum Gasteiger partial charge on any atom is 0.246 e. The Labute approximate surface area is 143 Å². The first-order valence-corrected chi connectivity index (χ1v) is 8.21. The molecule has 0 amide bonds. The summed E-state index contributed by atoms with van der Waals surface area (Å²) in [5.41, 5.74) is 5.78. The molecule has 3 aliphatic heterocycles. The topological polar surface area (TPSA) is 51.2 Å². The maximum absolute atomic E-state index is 13.0. The van der Waals surface area contributed by atoms with Gasteiger partial charge in [0.2, 0.25) is 6.71 Å². The second-order valence-electron chi connectivity index (χ2n) is 6.72. The predicted molar refractivity (Wildman–Crippen MR) is 94.3 cm³/mol. The fraction of sp³-hybridized carbons (Fsp3) is 0. The molecule has 3 aliphatic rings. The van der Waals surface area contributed by atoms with Gasteiger partial charge in [0.1, 0.15) is 0 Å². The molecule has 0 fully saturated rings. The Morgan fingerprint density at radius 1 is 0.440 bits per heavy atom. The van der Waals surface area contributed by atoms with Crippen LogP contribution in [0, 0.1) is 0 Å². The van der Waals surface area contributed by atoms with Crippen LogP contribution >= 0.6 is 0 Å². The number of hydrogen-bond acceptors (Lipinski definition) is 3. The van der Waals surface area contributed by atoms with Crippen LogP contribution in [-0.4, -0.2) is 24.1 Å². The molecule has 3 aromatic carbocycles. The molecule has 3 heterocycles. The Balaban J connectivity index is 1.89. The molecule has 0 radical (unpaired) electrons. The van der Waals surface area contributed by atoms with Gasteiger partial charge in [0.05, 0.1) is 0 Å². The van der Waals surface area contributed by atoms with Crippen LogP contribution in [0.5, 0.6) is 0 Å². The molecule has 25 heavy (non-hydrogen) atoms. The van der Waals surface area contributed by atoms with E-state index in [9.17, 15) is 14.4 Å². The minimum Gasteiger partial charge on any atom is -0.289 e. The van der Waals surface area contributed by atoms with Gasteiger partial charge in [-0.3, -0.25) is 14.4 Å². The zero-order chi connectivity index (χ0) is 16.9. The molecule has 4 heteroatoms. The van der Waals surface area contributed by atoms with Gasteiger partial charge in [0.15, 0.2) is 17.3 Å². The summed E-state index contributed by atoms with van der Waals surface area (Å²) >= 11 is 0. The number of rotatable bonds is 0. The third kappa shape index (κ3) is 1.30. The lowest BCUT2D eigenvalue weighted by molar-refractivity contribution is 0.103. The first-order chi connectivity index (χ1) is 12.2. The van der Waals surface area contributed by atoms with Gasteiger partial charge in [-0.05, 0) is 16.4 Å². The molecule has 0 N–H and O–H groups in total. The van der Waals surface area contributed by atoms with Crippen molar-refractivity contribution in [1.82, 2.24) is 0 Å². The lowest BCUT2D eigenvalue weighted by Gasteiger charge is -2.36. The quantitative estimate of drug-likeness (QED) is 0.390. The molecule has 0 saturated carbocycles. The van der Waals surface area contributed by atoms with Crippen molar-refractivity contribution in [3.05, 3.63) is 88.0 Å². The van der Waals surface area contributed by atoms with Crippen molar-refractivity contribution in [2.75, 3.05) is 0 Å². The number of carbonyl (C=O) groups is 3. The van der Waals surface area contributed by atoms with Crippen molar-refractivity contribution in [3.63, 3.8) is 0 Å². The fourth-order valence-corrected chi connectivity index (χ4v) is 4.68. The van der Waals surface area contributed by atoms with E-state index in [0.717, 1.165) is 16.4 Å². The third-order valence-electron chi connectivity index (χ3n) is 5.65. The van der Waals surface area contributed by atoms with Crippen LogP contribution in [0.3, 0.4) is 0 Å². The zero-order valence-electron chi connectivity index (χ0n) is 13.0. The van der Waals surface area contributed by atoms with Gasteiger partial charge in [-0.25, -0.2) is 0 Å². The standard InChI is InChI=1S/C21H9BO3/c23-19-10-4-1-5-11-16(10)22-17-12(19)6-2-8-14(17)21(25)15-9-3-7-13(18(15)22)20(11)24/h1-9H. The summed E-state index contributed by atoms with van der Waals surface area (Å²) in [5, 5.41) is 0. The van der Waals surface area contributed by atoms with Gasteiger partial charge in [-0.1, -0.05) is 54.6 Å². The van der Waals surface area contributed by atoms with E-state index in [4.69, 9.17) is 0 Å². The van der Waals surface area contributed by atoms with E-state index in [1.165, 1.54) is 0 Å². The monoisotopic (exact) mass is 320 g/mol. The van der Waals surface area contributed by atoms with Gasteiger partial charge >= 0.3 is 0 Å². The molecule has 0 unspecified atom stereocenters. The second kappa shape index (κ2) is 4.04. The van der Waals surface area contributed by atoms with Gasteiger partial charge < -0.3 is 0 Å². The van der Waals surface area contributed by atoms with E-state index in [-0.39, 0.29) is 24.1 Å². The molecule has 0 aliphatic carbocycles. The van der Waals surface area contributed by atoms with E-state index in [2.05, 4.69) is 0 Å². The molecule has 3 aromatic rings. The van der Waals surface area contributed by atoms with Gasteiger partial charge in [-0.15, -0.1) is 0 Å². The molecule has 0 bridgehead atoms. The van der Waals surface area contributed by atoms with Crippen molar-refractivity contribution in [3.8, 4) is 0 Å². The first kappa shape index (κ1) is 13.1. The average molecular weight is 320 g/mol. The summed E-state index contributed by atoms with van der Waals surface area (Å²) < 4.78 is 0. The lowest BCUT2D eigenvalue weighted by atomic mass is 9.27. The highest BCUT2D eigenvalue weighted by Gasteiger charge is 2.48. The Bertz CT molecular complexity index is 982. The maximum atomic E-state index is 13.0. The lowest BCUT2D eigenvalue weighted by Crippen LogP contribution is -2.67. The van der Waals surface area contributed by atoms with Gasteiger partial charge in [0, 0.05) is 33.4 Å². The molecule has 0 atom stereocenters. The van der Waals surface area contributed by atoms with Gasteiger partial charge in [0.25, 0.3) is 0 Å². The Morgan fingerprint density at radius 3 is 0.920 bits per heavy atom. The minimum atomic E-state index is -0.211. The van der Waals surface area contributed by atoms with Crippen molar-refractivity contribution < 1.29 is 14.4 Å². The van der Waals surface area contributed by atoms with Crippen LogP contribution in [0.15, 0.2) is 54.6 Å². The molecule has 0 saturated heterocycles. The zero-order valence-corrected chi connectivity index (χ0v) is 13.0. The van der Waals surface area contributed by atoms with Crippen molar-refractivity contribution in [2.45, 2.75) is 0 Å². The van der Waals surface area contributed by atoms with Crippen molar-refractivity contribution in [1.29, 1.82) is 0 Å². The summed E-state index contributed by atoms with van der Waals surface area (Å²) in [7, 11) is 0.